The van der Waals surface area contributed by atoms with Crippen LogP contribution in [0.15, 0.2) is 59.9 Å². The molecule has 6 nitrogen and oxygen atoms in total. The number of nitrogens with zero attached hydrogens (tertiary/aromatic N) is 3. The topological polar surface area (TPSA) is 76.9 Å². The molecule has 0 aliphatic carbocycles. The second-order valence-corrected chi connectivity index (χ2v) is 7.37. The molecule has 1 aromatic carbocycles. The average molecular weight is 383 g/mol. The molecule has 0 radical (unpaired) electrons. The Labute approximate surface area is 149 Å². The number of nitrogens with one attached hydrogen (secondary N) is 1. The molecule has 2 heterocycles. The Morgan fingerprint density at radius 2 is 1.83 bits per heavy atom. The van der Waals surface area contributed by atoms with Gasteiger partial charge in [-0.15, -0.1) is 0 Å². The fourth-order valence-corrected chi connectivity index (χ4v) is 4.21. The Kier molecular flexibility index (Phi) is 4.86. The molecule has 0 aliphatic heterocycles. The maximum absolute atomic E-state index is 12.4. The number of hydrogen-bond donors (Lipinski definition) is 1. The molecule has 3 rings (SSSR count). The van der Waals surface area contributed by atoms with Crippen molar-refractivity contribution >= 4 is 33.2 Å². The van der Waals surface area contributed by atoms with Gasteiger partial charge >= 0.3 is 0 Å². The van der Waals surface area contributed by atoms with Crippen LogP contribution in [0.1, 0.15) is 5.56 Å². The highest BCUT2D eigenvalue weighted by molar-refractivity contribution is 7.89. The van der Waals surface area contributed by atoms with Gasteiger partial charge in [-0.3, -0.25) is 0 Å². The highest BCUT2D eigenvalue weighted by Gasteiger charge is 2.21. The van der Waals surface area contributed by atoms with E-state index >= 15 is 0 Å². The molecule has 0 atom stereocenters. The molecule has 24 heavy (non-hydrogen) atoms. The lowest BCUT2D eigenvalue weighted by atomic mass is 10.3. The lowest BCUT2D eigenvalue weighted by molar-refractivity contribution is 0.581. The van der Waals surface area contributed by atoms with E-state index in [1.54, 1.807) is 47.5 Å². The lowest BCUT2D eigenvalue weighted by Crippen LogP contribution is -2.24. The van der Waals surface area contributed by atoms with Gasteiger partial charge < -0.3 is 0 Å². The fraction of sp³-hybridized carbons (Fsp3) is 0.0667. The van der Waals surface area contributed by atoms with Gasteiger partial charge in [0.15, 0.2) is 5.82 Å². The number of pyridine rings is 1. The summed E-state index contributed by atoms with van der Waals surface area (Å²) in [6, 6.07) is 9.84. The van der Waals surface area contributed by atoms with E-state index in [1.807, 2.05) is 0 Å². The van der Waals surface area contributed by atoms with Crippen LogP contribution in [0, 0.1) is 0 Å². The van der Waals surface area contributed by atoms with Crippen molar-refractivity contribution in [1.29, 1.82) is 0 Å². The van der Waals surface area contributed by atoms with Gasteiger partial charge in [0.1, 0.15) is 4.90 Å². The Morgan fingerprint density at radius 3 is 2.42 bits per heavy atom. The quantitative estimate of drug-likeness (QED) is 0.735. The number of rotatable bonds is 5. The molecule has 0 unspecified atom stereocenters. The van der Waals surface area contributed by atoms with Crippen molar-refractivity contribution in [2.45, 2.75) is 11.4 Å². The summed E-state index contributed by atoms with van der Waals surface area (Å²) < 4.78 is 28.8. The highest BCUT2D eigenvalue weighted by Crippen LogP contribution is 2.28. The maximum atomic E-state index is 12.4. The number of sulfonamides is 1. The van der Waals surface area contributed by atoms with Crippen LogP contribution in [0.2, 0.25) is 10.0 Å². The third kappa shape index (κ3) is 3.59. The highest BCUT2D eigenvalue weighted by atomic mass is 35.5. The number of hydrogen-bond acceptors (Lipinski definition) is 4. The van der Waals surface area contributed by atoms with Crippen LogP contribution in [0.25, 0.3) is 5.82 Å². The monoisotopic (exact) mass is 382 g/mol. The minimum Gasteiger partial charge on any atom is -0.237 e. The summed E-state index contributed by atoms with van der Waals surface area (Å²) in [6.45, 7) is 0.0657. The van der Waals surface area contributed by atoms with Crippen molar-refractivity contribution in [2.24, 2.45) is 0 Å². The van der Waals surface area contributed by atoms with E-state index < -0.39 is 10.0 Å². The molecule has 0 saturated carbocycles. The molecule has 9 heteroatoms. The second-order valence-electron chi connectivity index (χ2n) is 4.85. The van der Waals surface area contributed by atoms with Crippen molar-refractivity contribution < 1.29 is 8.42 Å². The molecule has 0 amide bonds. The first kappa shape index (κ1) is 16.9. The molecule has 0 spiro atoms. The predicted octanol–water partition coefficient (Wildman–Crippen LogP) is 3.05. The fourth-order valence-electron chi connectivity index (χ4n) is 2.05. The van der Waals surface area contributed by atoms with Gasteiger partial charge in [0.25, 0.3) is 0 Å². The molecule has 0 bridgehead atoms. The number of benzene rings is 1. The van der Waals surface area contributed by atoms with Crippen molar-refractivity contribution in [3.05, 3.63) is 70.6 Å². The van der Waals surface area contributed by atoms with Crippen LogP contribution in [-0.2, 0) is 16.6 Å². The number of halogens is 2. The zero-order valence-electron chi connectivity index (χ0n) is 12.2. The first-order valence-electron chi connectivity index (χ1n) is 6.86. The van der Waals surface area contributed by atoms with Gasteiger partial charge in [0, 0.05) is 25.1 Å². The lowest BCUT2D eigenvalue weighted by Gasteiger charge is -2.10. The smallest absolute Gasteiger partial charge is 0.237 e. The van der Waals surface area contributed by atoms with Gasteiger partial charge in [-0.2, -0.15) is 5.10 Å². The molecule has 1 N–H and O–H groups in total. The summed E-state index contributed by atoms with van der Waals surface area (Å²) in [5, 5.41) is 4.22. The zero-order chi connectivity index (χ0) is 17.2. The van der Waals surface area contributed by atoms with Crippen LogP contribution in [0.5, 0.6) is 0 Å². The largest absolute Gasteiger partial charge is 0.243 e. The van der Waals surface area contributed by atoms with Gasteiger partial charge in [-0.1, -0.05) is 35.3 Å². The molecule has 0 fully saturated rings. The predicted molar refractivity (Wildman–Crippen MR) is 91.8 cm³/mol. The average Bonchev–Trinajstić information content (AvgIpc) is 3.07. The van der Waals surface area contributed by atoms with E-state index in [9.17, 15) is 8.42 Å². The molecule has 0 saturated heterocycles. The third-order valence-corrected chi connectivity index (χ3v) is 5.56. The van der Waals surface area contributed by atoms with E-state index in [2.05, 4.69) is 14.8 Å². The van der Waals surface area contributed by atoms with Crippen LogP contribution in [0.4, 0.5) is 0 Å². The minimum atomic E-state index is -3.83. The van der Waals surface area contributed by atoms with Gasteiger partial charge in [0.05, 0.1) is 10.0 Å². The normalized spacial score (nSPS) is 11.6. The Hall–Kier alpha value is -1.93. The van der Waals surface area contributed by atoms with Crippen molar-refractivity contribution in [3.63, 3.8) is 0 Å². The minimum absolute atomic E-state index is 0.0657. The summed E-state index contributed by atoms with van der Waals surface area (Å²) in [7, 11) is -3.83. The first-order chi connectivity index (χ1) is 11.5. The Morgan fingerprint density at radius 1 is 1.08 bits per heavy atom. The molecular weight excluding hydrogens is 371 g/mol. The summed E-state index contributed by atoms with van der Waals surface area (Å²) in [6.07, 6.45) is 4.99. The van der Waals surface area contributed by atoms with Crippen LogP contribution >= 0.6 is 23.2 Å². The molecule has 2 aromatic heterocycles. The van der Waals surface area contributed by atoms with Crippen LogP contribution < -0.4 is 4.72 Å². The zero-order valence-corrected chi connectivity index (χ0v) is 14.6. The summed E-state index contributed by atoms with van der Waals surface area (Å²) >= 11 is 11.9. The third-order valence-electron chi connectivity index (χ3n) is 3.20. The van der Waals surface area contributed by atoms with Crippen molar-refractivity contribution in [2.75, 3.05) is 0 Å². The van der Waals surface area contributed by atoms with Gasteiger partial charge in [-0.25, -0.2) is 22.8 Å². The molecule has 124 valence electrons. The van der Waals surface area contributed by atoms with Gasteiger partial charge in [-0.05, 0) is 29.8 Å². The van der Waals surface area contributed by atoms with E-state index in [4.69, 9.17) is 23.2 Å². The second kappa shape index (κ2) is 6.90. The van der Waals surface area contributed by atoms with Crippen molar-refractivity contribution in [3.8, 4) is 5.82 Å². The standard InChI is InChI=1S/C15H12Cl2N4O2S/c16-12-3-1-4-13(17)15(12)24(22,23)20-10-11-5-6-14(18-9-11)21-8-2-7-19-21/h1-9,20H,10H2. The molecular formula is C15H12Cl2N4O2S. The summed E-state index contributed by atoms with van der Waals surface area (Å²) in [4.78, 5) is 4.11. The van der Waals surface area contributed by atoms with E-state index in [-0.39, 0.29) is 21.5 Å². The molecule has 0 aliphatic rings. The van der Waals surface area contributed by atoms with Gasteiger partial charge in [0.2, 0.25) is 10.0 Å². The van der Waals surface area contributed by atoms with E-state index in [0.717, 1.165) is 0 Å². The number of aromatic nitrogens is 3. The molecule has 3 aromatic rings. The Balaban J connectivity index is 1.75. The maximum Gasteiger partial charge on any atom is 0.243 e. The summed E-state index contributed by atoms with van der Waals surface area (Å²) in [5.41, 5.74) is 0.692. The van der Waals surface area contributed by atoms with E-state index in [1.165, 1.54) is 12.1 Å². The summed E-state index contributed by atoms with van der Waals surface area (Å²) in [5.74, 6) is 0.640. The van der Waals surface area contributed by atoms with E-state index in [0.29, 0.717) is 11.4 Å². The van der Waals surface area contributed by atoms with Crippen molar-refractivity contribution in [1.82, 2.24) is 19.5 Å². The van der Waals surface area contributed by atoms with Crippen LogP contribution in [-0.4, -0.2) is 23.2 Å². The first-order valence-corrected chi connectivity index (χ1v) is 9.10. The Bertz CT molecular complexity index is 922. The van der Waals surface area contributed by atoms with Crippen LogP contribution in [0.3, 0.4) is 0 Å². The SMILES string of the molecule is O=S(=O)(NCc1ccc(-n2cccn2)nc1)c1c(Cl)cccc1Cl.